The van der Waals surface area contributed by atoms with Crippen molar-refractivity contribution >= 4 is 11.9 Å². The standard InChI is InChI=1S/C25H21N3O6/c1-31-19-9-4-8-17(12-19)23-26-22(34-27-23)15-33-25(30)20-13-16-6-2-3-7-18(16)14-28(20)24(29)21-10-5-11-32-21/h2-12,20H,13-15H2,1H3. The van der Waals surface area contributed by atoms with Crippen molar-refractivity contribution in [2.75, 3.05) is 7.11 Å². The van der Waals surface area contributed by atoms with E-state index in [0.717, 1.165) is 11.1 Å². The largest absolute Gasteiger partial charge is 0.497 e. The van der Waals surface area contributed by atoms with Gasteiger partial charge in [0.25, 0.3) is 11.8 Å². The van der Waals surface area contributed by atoms with Crippen molar-refractivity contribution in [2.24, 2.45) is 0 Å². The van der Waals surface area contributed by atoms with Crippen molar-refractivity contribution in [3.05, 3.63) is 89.7 Å². The first-order valence-corrected chi connectivity index (χ1v) is 10.7. The summed E-state index contributed by atoms with van der Waals surface area (Å²) in [6, 6.07) is 17.3. The number of benzene rings is 2. The van der Waals surface area contributed by atoms with E-state index >= 15 is 0 Å². The first-order chi connectivity index (χ1) is 16.6. The van der Waals surface area contributed by atoms with Crippen molar-refractivity contribution in [3.8, 4) is 17.1 Å². The Morgan fingerprint density at radius 2 is 1.94 bits per heavy atom. The summed E-state index contributed by atoms with van der Waals surface area (Å²) in [5, 5.41) is 3.95. The monoisotopic (exact) mass is 459 g/mol. The second-order valence-corrected chi connectivity index (χ2v) is 7.75. The molecule has 0 spiro atoms. The Hall–Kier alpha value is -4.40. The molecule has 9 nitrogen and oxygen atoms in total. The van der Waals surface area contributed by atoms with E-state index in [9.17, 15) is 9.59 Å². The summed E-state index contributed by atoms with van der Waals surface area (Å²) < 4.78 is 21.2. The van der Waals surface area contributed by atoms with Crippen LogP contribution in [0.4, 0.5) is 0 Å². The van der Waals surface area contributed by atoms with Crippen LogP contribution in [0.15, 0.2) is 75.9 Å². The molecule has 4 aromatic rings. The average Bonchev–Trinajstić information content (AvgIpc) is 3.59. The van der Waals surface area contributed by atoms with Gasteiger partial charge in [-0.15, -0.1) is 0 Å². The van der Waals surface area contributed by atoms with E-state index in [1.165, 1.54) is 11.2 Å². The van der Waals surface area contributed by atoms with Crippen LogP contribution in [0.2, 0.25) is 0 Å². The number of aromatic nitrogens is 2. The molecule has 2 aromatic carbocycles. The quantitative estimate of drug-likeness (QED) is 0.402. The predicted octanol–water partition coefficient (Wildman–Crippen LogP) is 3.65. The smallest absolute Gasteiger partial charge is 0.329 e. The fourth-order valence-electron chi connectivity index (χ4n) is 3.91. The molecule has 9 heteroatoms. The van der Waals surface area contributed by atoms with E-state index in [2.05, 4.69) is 10.1 Å². The number of esters is 1. The molecule has 1 atom stereocenters. The van der Waals surface area contributed by atoms with Crippen LogP contribution in [0.3, 0.4) is 0 Å². The van der Waals surface area contributed by atoms with Gasteiger partial charge in [-0.25, -0.2) is 4.79 Å². The number of carbonyl (C=O) groups is 2. The lowest BCUT2D eigenvalue weighted by molar-refractivity contribution is -0.151. The first kappa shape index (κ1) is 21.4. The lowest BCUT2D eigenvalue weighted by Gasteiger charge is -2.34. The van der Waals surface area contributed by atoms with Gasteiger partial charge in [0.2, 0.25) is 5.82 Å². The number of hydrogen-bond donors (Lipinski definition) is 0. The van der Waals surface area contributed by atoms with Crippen molar-refractivity contribution in [2.45, 2.75) is 25.6 Å². The number of amides is 1. The van der Waals surface area contributed by atoms with Crippen LogP contribution in [0.25, 0.3) is 11.4 Å². The van der Waals surface area contributed by atoms with E-state index in [4.69, 9.17) is 18.4 Å². The Morgan fingerprint density at radius 1 is 1.09 bits per heavy atom. The molecule has 5 rings (SSSR count). The summed E-state index contributed by atoms with van der Waals surface area (Å²) in [7, 11) is 1.57. The van der Waals surface area contributed by atoms with Gasteiger partial charge < -0.3 is 23.3 Å². The lowest BCUT2D eigenvalue weighted by Crippen LogP contribution is -2.49. The van der Waals surface area contributed by atoms with Gasteiger partial charge in [0, 0.05) is 18.5 Å². The highest BCUT2D eigenvalue weighted by Crippen LogP contribution is 2.26. The maximum absolute atomic E-state index is 13.1. The highest BCUT2D eigenvalue weighted by atomic mass is 16.6. The van der Waals surface area contributed by atoms with E-state index in [0.29, 0.717) is 23.6 Å². The van der Waals surface area contributed by atoms with Crippen LogP contribution < -0.4 is 4.74 Å². The highest BCUT2D eigenvalue weighted by molar-refractivity contribution is 5.95. The van der Waals surface area contributed by atoms with Crippen LogP contribution in [-0.2, 0) is 29.1 Å². The van der Waals surface area contributed by atoms with E-state index in [1.54, 1.807) is 25.3 Å². The number of ether oxygens (including phenoxy) is 2. The van der Waals surface area contributed by atoms with Gasteiger partial charge in [-0.1, -0.05) is 41.6 Å². The Kier molecular flexibility index (Phi) is 5.82. The number of carbonyl (C=O) groups excluding carboxylic acids is 2. The number of fused-ring (bicyclic) bond motifs is 1. The molecular formula is C25H21N3O6. The Morgan fingerprint density at radius 3 is 2.74 bits per heavy atom. The van der Waals surface area contributed by atoms with Crippen LogP contribution in [-0.4, -0.2) is 40.1 Å². The van der Waals surface area contributed by atoms with Gasteiger partial charge in [-0.3, -0.25) is 4.79 Å². The minimum absolute atomic E-state index is 0.145. The molecule has 3 heterocycles. The van der Waals surface area contributed by atoms with E-state index in [-0.39, 0.29) is 30.7 Å². The molecule has 0 saturated carbocycles. The van der Waals surface area contributed by atoms with Crippen LogP contribution in [0.5, 0.6) is 5.75 Å². The second-order valence-electron chi connectivity index (χ2n) is 7.75. The molecule has 0 saturated heterocycles. The molecule has 0 N–H and O–H groups in total. The van der Waals surface area contributed by atoms with Crippen molar-refractivity contribution < 1.29 is 28.0 Å². The van der Waals surface area contributed by atoms with Gasteiger partial charge >= 0.3 is 5.97 Å². The van der Waals surface area contributed by atoms with E-state index < -0.39 is 12.0 Å². The molecular weight excluding hydrogens is 438 g/mol. The molecule has 1 aliphatic rings. The fraction of sp³-hybridized carbons (Fsp3) is 0.200. The highest BCUT2D eigenvalue weighted by Gasteiger charge is 2.37. The molecule has 0 radical (unpaired) electrons. The average molecular weight is 459 g/mol. The molecule has 1 unspecified atom stereocenters. The third-order valence-electron chi connectivity index (χ3n) is 5.65. The number of hydrogen-bond acceptors (Lipinski definition) is 8. The molecule has 1 amide bonds. The van der Waals surface area contributed by atoms with Gasteiger partial charge in [0.05, 0.1) is 13.4 Å². The number of rotatable bonds is 6. The number of nitrogens with zero attached hydrogens (tertiary/aromatic N) is 3. The Balaban J connectivity index is 1.31. The lowest BCUT2D eigenvalue weighted by atomic mass is 9.93. The zero-order valence-electron chi connectivity index (χ0n) is 18.3. The molecule has 2 aromatic heterocycles. The second kappa shape index (κ2) is 9.22. The minimum Gasteiger partial charge on any atom is -0.497 e. The van der Waals surface area contributed by atoms with Crippen LogP contribution in [0, 0.1) is 0 Å². The zero-order valence-corrected chi connectivity index (χ0v) is 18.3. The third kappa shape index (κ3) is 4.27. The molecule has 34 heavy (non-hydrogen) atoms. The summed E-state index contributed by atoms with van der Waals surface area (Å²) >= 11 is 0. The van der Waals surface area contributed by atoms with Crippen molar-refractivity contribution in [1.82, 2.24) is 15.0 Å². The summed E-state index contributed by atoms with van der Waals surface area (Å²) in [4.78, 5) is 31.9. The summed E-state index contributed by atoms with van der Waals surface area (Å²) in [5.74, 6) is 0.388. The van der Waals surface area contributed by atoms with Crippen LogP contribution in [0.1, 0.15) is 27.6 Å². The van der Waals surface area contributed by atoms with Gasteiger partial charge in [-0.05, 0) is 35.4 Å². The number of methoxy groups -OCH3 is 1. The van der Waals surface area contributed by atoms with E-state index in [1.807, 2.05) is 42.5 Å². The fourth-order valence-corrected chi connectivity index (χ4v) is 3.91. The van der Waals surface area contributed by atoms with Crippen molar-refractivity contribution in [3.63, 3.8) is 0 Å². The SMILES string of the molecule is COc1cccc(-c2noc(COC(=O)C3Cc4ccccc4CN3C(=O)c3ccco3)n2)c1. The minimum atomic E-state index is -0.812. The van der Waals surface area contributed by atoms with Gasteiger partial charge in [-0.2, -0.15) is 4.98 Å². The molecule has 1 aliphatic heterocycles. The van der Waals surface area contributed by atoms with Crippen LogP contribution >= 0.6 is 0 Å². The summed E-state index contributed by atoms with van der Waals surface area (Å²) in [6.45, 7) is 0.0623. The first-order valence-electron chi connectivity index (χ1n) is 10.7. The topological polar surface area (TPSA) is 108 Å². The normalized spacial score (nSPS) is 15.0. The number of furan rings is 1. The maximum Gasteiger partial charge on any atom is 0.329 e. The Labute approximate surface area is 194 Å². The zero-order chi connectivity index (χ0) is 23.5. The Bertz CT molecular complexity index is 1310. The van der Waals surface area contributed by atoms with Gasteiger partial charge in [0.15, 0.2) is 12.4 Å². The molecule has 0 aliphatic carbocycles. The van der Waals surface area contributed by atoms with Gasteiger partial charge in [0.1, 0.15) is 11.8 Å². The maximum atomic E-state index is 13.1. The molecule has 172 valence electrons. The summed E-state index contributed by atoms with van der Waals surface area (Å²) in [5.41, 5.74) is 2.68. The molecule has 0 fully saturated rings. The third-order valence-corrected chi connectivity index (χ3v) is 5.65. The summed E-state index contributed by atoms with van der Waals surface area (Å²) in [6.07, 6.45) is 1.76. The molecule has 0 bridgehead atoms. The predicted molar refractivity (Wildman–Crippen MR) is 119 cm³/mol. The van der Waals surface area contributed by atoms with Crippen molar-refractivity contribution in [1.29, 1.82) is 0 Å².